The summed E-state index contributed by atoms with van der Waals surface area (Å²) in [7, 11) is 0. The molecule has 0 unspecified atom stereocenters. The highest BCUT2D eigenvalue weighted by Crippen LogP contribution is 2.18. The molecule has 0 fully saturated rings. The number of hydrogen-bond donors (Lipinski definition) is 1. The average molecular weight is 268 g/mol. The molecule has 0 aromatic heterocycles. The average Bonchev–Trinajstić information content (AvgIpc) is 2.32. The highest BCUT2D eigenvalue weighted by molar-refractivity contribution is 6.30. The van der Waals surface area contributed by atoms with E-state index in [9.17, 15) is 8.78 Å². The van der Waals surface area contributed by atoms with Gasteiger partial charge in [-0.25, -0.2) is 8.78 Å². The Labute approximate surface area is 109 Å². The maximum absolute atomic E-state index is 13.0. The maximum atomic E-state index is 13.0. The minimum atomic E-state index is -0.854. The molecule has 0 amide bonds. The van der Waals surface area contributed by atoms with Crippen LogP contribution < -0.4 is 5.32 Å². The van der Waals surface area contributed by atoms with Crippen molar-refractivity contribution in [2.75, 3.05) is 5.32 Å². The minimum Gasteiger partial charge on any atom is -0.381 e. The van der Waals surface area contributed by atoms with Gasteiger partial charge in [-0.1, -0.05) is 17.7 Å². The van der Waals surface area contributed by atoms with E-state index in [0.717, 1.165) is 23.3 Å². The first-order valence-corrected chi connectivity index (χ1v) is 5.88. The Morgan fingerprint density at radius 1 is 1.06 bits per heavy atom. The summed E-state index contributed by atoms with van der Waals surface area (Å²) in [5.74, 6) is -1.70. The van der Waals surface area contributed by atoms with E-state index in [2.05, 4.69) is 5.32 Å². The SMILES string of the molecule is Cc1cc(Cl)ccc1CNc1ccc(F)c(F)c1. The molecule has 94 valence electrons. The largest absolute Gasteiger partial charge is 0.381 e. The molecule has 0 aliphatic rings. The molecule has 0 aliphatic carbocycles. The highest BCUT2D eigenvalue weighted by atomic mass is 35.5. The van der Waals surface area contributed by atoms with Gasteiger partial charge in [-0.05, 0) is 42.3 Å². The Morgan fingerprint density at radius 3 is 2.50 bits per heavy atom. The van der Waals surface area contributed by atoms with Crippen LogP contribution in [0.25, 0.3) is 0 Å². The van der Waals surface area contributed by atoms with E-state index in [1.165, 1.54) is 6.07 Å². The molecule has 0 heterocycles. The van der Waals surface area contributed by atoms with Crippen molar-refractivity contribution in [3.63, 3.8) is 0 Å². The fraction of sp³-hybridized carbons (Fsp3) is 0.143. The first-order valence-electron chi connectivity index (χ1n) is 5.50. The number of halogens is 3. The molecule has 18 heavy (non-hydrogen) atoms. The number of aryl methyl sites for hydroxylation is 1. The number of anilines is 1. The van der Waals surface area contributed by atoms with Gasteiger partial charge in [-0.3, -0.25) is 0 Å². The fourth-order valence-corrected chi connectivity index (χ4v) is 1.89. The van der Waals surface area contributed by atoms with Gasteiger partial charge in [0.15, 0.2) is 11.6 Å². The molecule has 4 heteroatoms. The maximum Gasteiger partial charge on any atom is 0.160 e. The molecule has 1 nitrogen and oxygen atoms in total. The molecule has 2 aromatic carbocycles. The molecule has 0 saturated heterocycles. The first kappa shape index (κ1) is 12.8. The van der Waals surface area contributed by atoms with Crippen LogP contribution in [0, 0.1) is 18.6 Å². The lowest BCUT2D eigenvalue weighted by Crippen LogP contribution is -2.02. The van der Waals surface area contributed by atoms with Crippen LogP contribution in [0.15, 0.2) is 36.4 Å². The van der Waals surface area contributed by atoms with Gasteiger partial charge in [0.05, 0.1) is 0 Å². The highest BCUT2D eigenvalue weighted by Gasteiger charge is 2.03. The zero-order valence-electron chi connectivity index (χ0n) is 9.81. The van der Waals surface area contributed by atoms with Crippen molar-refractivity contribution < 1.29 is 8.78 Å². The molecule has 0 atom stereocenters. The van der Waals surface area contributed by atoms with Crippen LogP contribution in [0.3, 0.4) is 0 Å². The molecule has 0 saturated carbocycles. The van der Waals surface area contributed by atoms with E-state index < -0.39 is 11.6 Å². The van der Waals surface area contributed by atoms with Gasteiger partial charge in [-0.15, -0.1) is 0 Å². The van der Waals surface area contributed by atoms with E-state index in [0.29, 0.717) is 17.3 Å². The summed E-state index contributed by atoms with van der Waals surface area (Å²) in [5.41, 5.74) is 2.66. The minimum absolute atomic E-state index is 0.536. The normalized spacial score (nSPS) is 10.4. The molecule has 0 spiro atoms. The zero-order chi connectivity index (χ0) is 13.1. The van der Waals surface area contributed by atoms with Gasteiger partial charge in [0.1, 0.15) is 0 Å². The monoisotopic (exact) mass is 267 g/mol. The van der Waals surface area contributed by atoms with Gasteiger partial charge in [-0.2, -0.15) is 0 Å². The summed E-state index contributed by atoms with van der Waals surface area (Å²) in [6, 6.07) is 9.32. The van der Waals surface area contributed by atoms with Gasteiger partial charge in [0.25, 0.3) is 0 Å². The van der Waals surface area contributed by atoms with Crippen molar-refractivity contribution in [1.29, 1.82) is 0 Å². The quantitative estimate of drug-likeness (QED) is 0.861. The third kappa shape index (κ3) is 2.99. The molecule has 0 radical (unpaired) electrons. The second-order valence-corrected chi connectivity index (χ2v) is 4.49. The van der Waals surface area contributed by atoms with Crippen LogP contribution >= 0.6 is 11.6 Å². The summed E-state index contributed by atoms with van der Waals surface area (Å²) in [6.07, 6.45) is 0. The third-order valence-corrected chi connectivity index (χ3v) is 2.94. The Balaban J connectivity index is 2.09. The Bertz CT molecular complexity index is 570. The molecule has 1 N–H and O–H groups in total. The molecule has 2 rings (SSSR count). The van der Waals surface area contributed by atoms with Crippen molar-refractivity contribution in [3.8, 4) is 0 Å². The van der Waals surface area contributed by atoms with Crippen LogP contribution in [0.4, 0.5) is 14.5 Å². The van der Waals surface area contributed by atoms with Crippen molar-refractivity contribution >= 4 is 17.3 Å². The number of hydrogen-bond acceptors (Lipinski definition) is 1. The van der Waals surface area contributed by atoms with Gasteiger partial charge >= 0.3 is 0 Å². The molecule has 0 bridgehead atoms. The third-order valence-electron chi connectivity index (χ3n) is 2.71. The van der Waals surface area contributed by atoms with Crippen molar-refractivity contribution in [2.24, 2.45) is 0 Å². The fourth-order valence-electron chi connectivity index (χ4n) is 1.66. The lowest BCUT2D eigenvalue weighted by Gasteiger charge is -2.09. The Morgan fingerprint density at radius 2 is 1.83 bits per heavy atom. The summed E-state index contributed by atoms with van der Waals surface area (Å²) in [6.45, 7) is 2.49. The predicted octanol–water partition coefficient (Wildman–Crippen LogP) is 4.54. The van der Waals surface area contributed by atoms with E-state index >= 15 is 0 Å². The zero-order valence-corrected chi connectivity index (χ0v) is 10.6. The predicted molar refractivity (Wildman–Crippen MR) is 69.9 cm³/mol. The van der Waals surface area contributed by atoms with E-state index in [1.54, 1.807) is 6.07 Å². The first-order chi connectivity index (χ1) is 8.56. The van der Waals surface area contributed by atoms with E-state index in [1.807, 2.05) is 19.1 Å². The smallest absolute Gasteiger partial charge is 0.160 e. The van der Waals surface area contributed by atoms with Crippen LogP contribution in [-0.4, -0.2) is 0 Å². The van der Waals surface area contributed by atoms with Crippen molar-refractivity contribution in [3.05, 3.63) is 64.2 Å². The second kappa shape index (κ2) is 5.36. The van der Waals surface area contributed by atoms with Crippen LogP contribution in [0.2, 0.25) is 5.02 Å². The van der Waals surface area contributed by atoms with Gasteiger partial charge in [0.2, 0.25) is 0 Å². The van der Waals surface area contributed by atoms with Crippen LogP contribution in [-0.2, 0) is 6.54 Å². The molecule has 0 aliphatic heterocycles. The standard InChI is InChI=1S/C14H12ClF2N/c1-9-6-11(15)3-2-10(9)8-18-12-4-5-13(16)14(17)7-12/h2-7,18H,8H2,1H3. The van der Waals surface area contributed by atoms with Gasteiger partial charge in [0, 0.05) is 23.3 Å². The topological polar surface area (TPSA) is 12.0 Å². The summed E-state index contributed by atoms with van der Waals surface area (Å²) >= 11 is 5.86. The molecular formula is C14H12ClF2N. The van der Waals surface area contributed by atoms with Crippen molar-refractivity contribution in [2.45, 2.75) is 13.5 Å². The Hall–Kier alpha value is -1.61. The van der Waals surface area contributed by atoms with Crippen LogP contribution in [0.5, 0.6) is 0 Å². The summed E-state index contributed by atoms with van der Waals surface area (Å²) < 4.78 is 25.8. The van der Waals surface area contributed by atoms with Crippen LogP contribution in [0.1, 0.15) is 11.1 Å². The number of nitrogens with one attached hydrogen (secondary N) is 1. The second-order valence-electron chi connectivity index (χ2n) is 4.05. The van der Waals surface area contributed by atoms with E-state index in [-0.39, 0.29) is 0 Å². The van der Waals surface area contributed by atoms with Crippen molar-refractivity contribution in [1.82, 2.24) is 0 Å². The lowest BCUT2D eigenvalue weighted by molar-refractivity contribution is 0.509. The molecular weight excluding hydrogens is 256 g/mol. The summed E-state index contributed by atoms with van der Waals surface area (Å²) in [5, 5.41) is 3.72. The van der Waals surface area contributed by atoms with E-state index in [4.69, 9.17) is 11.6 Å². The Kier molecular flexibility index (Phi) is 3.82. The number of benzene rings is 2. The number of rotatable bonds is 3. The van der Waals surface area contributed by atoms with Gasteiger partial charge < -0.3 is 5.32 Å². The lowest BCUT2D eigenvalue weighted by atomic mass is 10.1. The molecule has 2 aromatic rings. The summed E-state index contributed by atoms with van der Waals surface area (Å²) in [4.78, 5) is 0.